The van der Waals surface area contributed by atoms with Crippen molar-refractivity contribution in [1.29, 1.82) is 0 Å². The molecule has 23 heavy (non-hydrogen) atoms. The van der Waals surface area contributed by atoms with Crippen LogP contribution in [0.1, 0.15) is 66.2 Å². The highest BCUT2D eigenvalue weighted by molar-refractivity contribution is 5.75. The summed E-state index contributed by atoms with van der Waals surface area (Å²) >= 11 is 0. The summed E-state index contributed by atoms with van der Waals surface area (Å²) in [4.78, 5) is 12.2. The molecule has 130 valence electrons. The molecule has 0 aromatic rings. The third-order valence-corrected chi connectivity index (χ3v) is 7.75. The van der Waals surface area contributed by atoms with Crippen LogP contribution in [-0.2, 0) is 14.3 Å². The van der Waals surface area contributed by atoms with Crippen molar-refractivity contribution in [3.63, 3.8) is 0 Å². The fourth-order valence-electron chi connectivity index (χ4n) is 6.39. The van der Waals surface area contributed by atoms with Crippen LogP contribution in [0.15, 0.2) is 0 Å². The molecule has 0 aromatic carbocycles. The average molecular weight is 320 g/mol. The molecular weight excluding hydrogens is 288 g/mol. The number of ether oxygens (including phenoxy) is 2. The van der Waals surface area contributed by atoms with Crippen LogP contribution in [0.2, 0.25) is 0 Å². The minimum atomic E-state index is -0.415. The summed E-state index contributed by atoms with van der Waals surface area (Å²) in [6, 6.07) is 0. The molecule has 4 saturated carbocycles. The first-order valence-corrected chi connectivity index (χ1v) is 9.77. The smallest absolute Gasteiger partial charge is 0.313 e. The lowest BCUT2D eigenvalue weighted by Crippen LogP contribution is -2.39. The summed E-state index contributed by atoms with van der Waals surface area (Å²) < 4.78 is 11.8. The van der Waals surface area contributed by atoms with Crippen molar-refractivity contribution in [1.82, 2.24) is 0 Å². The molecule has 3 heteroatoms. The lowest BCUT2D eigenvalue weighted by molar-refractivity contribution is -0.201. The van der Waals surface area contributed by atoms with Gasteiger partial charge in [0, 0.05) is 0 Å². The first-order chi connectivity index (χ1) is 10.9. The number of rotatable bonds is 5. The maximum Gasteiger partial charge on any atom is 0.313 e. The molecule has 0 saturated heterocycles. The number of carbonyl (C=O) groups excluding carboxylic acids is 1. The van der Waals surface area contributed by atoms with E-state index in [1.165, 1.54) is 32.1 Å². The van der Waals surface area contributed by atoms with Gasteiger partial charge in [-0.2, -0.15) is 0 Å². The lowest BCUT2D eigenvalue weighted by atomic mass is 9.70. The van der Waals surface area contributed by atoms with E-state index < -0.39 is 11.7 Å². The van der Waals surface area contributed by atoms with Crippen LogP contribution in [0.3, 0.4) is 0 Å². The summed E-state index contributed by atoms with van der Waals surface area (Å²) in [6.07, 6.45) is 7.71. The topological polar surface area (TPSA) is 35.5 Å². The molecule has 0 aromatic heterocycles. The van der Waals surface area contributed by atoms with Crippen molar-refractivity contribution in [3.05, 3.63) is 0 Å². The van der Waals surface area contributed by atoms with Crippen LogP contribution in [-0.4, -0.2) is 18.4 Å². The molecule has 8 unspecified atom stereocenters. The summed E-state index contributed by atoms with van der Waals surface area (Å²) in [7, 11) is 0. The van der Waals surface area contributed by atoms with Gasteiger partial charge in [0.25, 0.3) is 0 Å². The quantitative estimate of drug-likeness (QED) is 0.428. The summed E-state index contributed by atoms with van der Waals surface area (Å²) in [5.41, 5.74) is -0.415. The molecule has 0 amide bonds. The second-order valence-corrected chi connectivity index (χ2v) is 9.27. The van der Waals surface area contributed by atoms with Gasteiger partial charge in [0.15, 0.2) is 6.29 Å². The Hall–Kier alpha value is -0.570. The Balaban J connectivity index is 1.35. The lowest BCUT2D eigenvalue weighted by Gasteiger charge is -2.39. The third kappa shape index (κ3) is 2.45. The van der Waals surface area contributed by atoms with Gasteiger partial charge >= 0.3 is 5.97 Å². The summed E-state index contributed by atoms with van der Waals surface area (Å²) in [5, 5.41) is 0. The monoisotopic (exact) mass is 320 g/mol. The standard InChI is InChI=1S/C20H32O3/c1-5-20(3,4)19(21)23-11(2)22-16-10-14-9-15(16)18-13-7-6-12(8-13)17(14)18/h11-18H,5-10H2,1-4H3. The first-order valence-electron chi connectivity index (χ1n) is 9.77. The van der Waals surface area contributed by atoms with E-state index in [-0.39, 0.29) is 5.97 Å². The number of fused-ring (bicyclic) bond motifs is 9. The van der Waals surface area contributed by atoms with Gasteiger partial charge in [-0.1, -0.05) is 6.92 Å². The molecule has 0 N–H and O–H groups in total. The van der Waals surface area contributed by atoms with Crippen LogP contribution in [0.5, 0.6) is 0 Å². The second-order valence-electron chi connectivity index (χ2n) is 9.27. The van der Waals surface area contributed by atoms with E-state index in [2.05, 4.69) is 0 Å². The number of hydrogen-bond acceptors (Lipinski definition) is 3. The van der Waals surface area contributed by atoms with E-state index in [1.54, 1.807) is 0 Å². The predicted octanol–water partition coefficient (Wildman–Crippen LogP) is 4.40. The maximum absolute atomic E-state index is 12.2. The molecule has 4 aliphatic carbocycles. The van der Waals surface area contributed by atoms with Crippen molar-refractivity contribution in [2.75, 3.05) is 0 Å². The van der Waals surface area contributed by atoms with Gasteiger partial charge in [0.05, 0.1) is 11.5 Å². The fourth-order valence-corrected chi connectivity index (χ4v) is 6.39. The highest BCUT2D eigenvalue weighted by Crippen LogP contribution is 2.67. The van der Waals surface area contributed by atoms with Gasteiger partial charge in [0.2, 0.25) is 0 Å². The Morgan fingerprint density at radius 2 is 1.78 bits per heavy atom. The second kappa shape index (κ2) is 5.47. The zero-order valence-corrected chi connectivity index (χ0v) is 15.1. The zero-order valence-electron chi connectivity index (χ0n) is 15.1. The van der Waals surface area contributed by atoms with Crippen LogP contribution in [0.4, 0.5) is 0 Å². The SMILES string of the molecule is CCC(C)(C)C(=O)OC(C)OC1CC2CC1C1C3CCC(C3)C21. The Morgan fingerprint density at radius 3 is 2.48 bits per heavy atom. The minimum Gasteiger partial charge on any atom is -0.436 e. The van der Waals surface area contributed by atoms with Crippen molar-refractivity contribution >= 4 is 5.97 Å². The normalized spacial score (nSPS) is 45.3. The zero-order chi connectivity index (χ0) is 16.4. The number of esters is 1. The average Bonchev–Trinajstić information content (AvgIpc) is 3.25. The summed E-state index contributed by atoms with van der Waals surface area (Å²) in [6.45, 7) is 7.81. The Kier molecular flexibility index (Phi) is 3.79. The molecule has 4 bridgehead atoms. The predicted molar refractivity (Wildman–Crippen MR) is 88.5 cm³/mol. The number of carbonyl (C=O) groups is 1. The molecule has 0 radical (unpaired) electrons. The summed E-state index contributed by atoms with van der Waals surface area (Å²) in [5.74, 6) is 5.43. The van der Waals surface area contributed by atoms with E-state index in [9.17, 15) is 4.79 Å². The molecule has 3 nitrogen and oxygen atoms in total. The molecule has 0 aliphatic heterocycles. The van der Waals surface area contributed by atoms with Crippen LogP contribution >= 0.6 is 0 Å². The minimum absolute atomic E-state index is 0.131. The maximum atomic E-state index is 12.2. The highest BCUT2D eigenvalue weighted by Gasteiger charge is 2.62. The molecule has 4 fully saturated rings. The Labute approximate surface area is 140 Å². The molecule has 4 rings (SSSR count). The van der Waals surface area contributed by atoms with Gasteiger partial charge < -0.3 is 9.47 Å². The molecule has 0 spiro atoms. The van der Waals surface area contributed by atoms with Gasteiger partial charge in [-0.3, -0.25) is 4.79 Å². The van der Waals surface area contributed by atoms with E-state index in [0.29, 0.717) is 6.10 Å². The molecule has 8 atom stereocenters. The van der Waals surface area contributed by atoms with E-state index >= 15 is 0 Å². The first kappa shape index (κ1) is 15.9. The van der Waals surface area contributed by atoms with Crippen molar-refractivity contribution < 1.29 is 14.3 Å². The molecule has 0 heterocycles. The third-order valence-electron chi connectivity index (χ3n) is 7.75. The van der Waals surface area contributed by atoms with Crippen molar-refractivity contribution in [3.8, 4) is 0 Å². The van der Waals surface area contributed by atoms with Gasteiger partial charge in [0.1, 0.15) is 0 Å². The Bertz CT molecular complexity index is 485. The van der Waals surface area contributed by atoms with Gasteiger partial charge in [-0.05, 0) is 94.8 Å². The van der Waals surface area contributed by atoms with E-state index in [4.69, 9.17) is 9.47 Å². The fraction of sp³-hybridized carbons (Fsp3) is 0.950. The largest absolute Gasteiger partial charge is 0.436 e. The molecule has 4 aliphatic rings. The van der Waals surface area contributed by atoms with Crippen molar-refractivity contribution in [2.45, 2.75) is 78.6 Å². The van der Waals surface area contributed by atoms with Gasteiger partial charge in [-0.25, -0.2) is 0 Å². The molecular formula is C20H32O3. The van der Waals surface area contributed by atoms with Crippen LogP contribution in [0, 0.1) is 40.9 Å². The number of hydrogen-bond donors (Lipinski definition) is 0. The van der Waals surface area contributed by atoms with Gasteiger partial charge in [-0.15, -0.1) is 0 Å². The van der Waals surface area contributed by atoms with Crippen LogP contribution < -0.4 is 0 Å². The van der Waals surface area contributed by atoms with Crippen LogP contribution in [0.25, 0.3) is 0 Å². The Morgan fingerprint density at radius 1 is 1.09 bits per heavy atom. The van der Waals surface area contributed by atoms with E-state index in [0.717, 1.165) is 41.9 Å². The highest BCUT2D eigenvalue weighted by atomic mass is 16.7. The van der Waals surface area contributed by atoms with Crippen molar-refractivity contribution in [2.24, 2.45) is 40.9 Å². The van der Waals surface area contributed by atoms with E-state index in [1.807, 2.05) is 27.7 Å².